The van der Waals surface area contributed by atoms with Gasteiger partial charge >= 0.3 is 0 Å². The first-order valence-corrected chi connectivity index (χ1v) is 7.60. The van der Waals surface area contributed by atoms with Crippen LogP contribution in [-0.4, -0.2) is 5.71 Å². The van der Waals surface area contributed by atoms with Crippen molar-refractivity contribution in [2.75, 3.05) is 0 Å². The van der Waals surface area contributed by atoms with Gasteiger partial charge in [0.25, 0.3) is 0 Å². The van der Waals surface area contributed by atoms with Crippen LogP contribution in [-0.2, 0) is 0 Å². The minimum Gasteiger partial charge on any atom is -0.295 e. The van der Waals surface area contributed by atoms with Crippen LogP contribution in [0.1, 0.15) is 22.6 Å². The molecule has 0 saturated heterocycles. The molecule has 0 heterocycles. The predicted octanol–water partition coefficient (Wildman–Crippen LogP) is 4.89. The Kier molecular flexibility index (Phi) is 4.66. The lowest BCUT2D eigenvalue weighted by Gasteiger charge is -2.16. The van der Waals surface area contributed by atoms with Gasteiger partial charge in [0, 0.05) is 5.56 Å². The molecule has 110 valence electrons. The monoisotopic (exact) mass is 295 g/mol. The van der Waals surface area contributed by atoms with Gasteiger partial charge in [0.2, 0.25) is 0 Å². The number of hydrogen-bond donors (Lipinski definition) is 1. The van der Waals surface area contributed by atoms with Crippen molar-refractivity contribution in [3.8, 4) is 11.8 Å². The summed E-state index contributed by atoms with van der Waals surface area (Å²) in [5, 5.41) is 8.50. The Balaban J connectivity index is 1.96. The number of hydrogen-bond acceptors (Lipinski definition) is 1. The topological polar surface area (TPSA) is 23.9 Å². The molecular weight excluding hydrogens is 278 g/mol. The third-order valence-electron chi connectivity index (χ3n) is 3.67. The molecule has 3 aromatic rings. The van der Waals surface area contributed by atoms with Crippen molar-refractivity contribution < 1.29 is 0 Å². The van der Waals surface area contributed by atoms with Crippen molar-refractivity contribution in [2.24, 2.45) is 0 Å². The zero-order valence-electron chi connectivity index (χ0n) is 12.7. The Labute approximate surface area is 137 Å². The van der Waals surface area contributed by atoms with E-state index in [1.165, 1.54) is 0 Å². The minimum atomic E-state index is -0.131. The maximum Gasteiger partial charge on any atom is 0.0932 e. The van der Waals surface area contributed by atoms with Crippen LogP contribution in [0.2, 0.25) is 0 Å². The van der Waals surface area contributed by atoms with Gasteiger partial charge in [-0.1, -0.05) is 84.8 Å². The third kappa shape index (κ3) is 3.75. The maximum atomic E-state index is 8.50. The molecule has 0 aliphatic heterocycles. The quantitative estimate of drug-likeness (QED) is 0.525. The second-order valence-electron chi connectivity index (χ2n) is 5.28. The molecule has 3 aromatic carbocycles. The van der Waals surface area contributed by atoms with Gasteiger partial charge in [-0.25, -0.2) is 0 Å². The highest BCUT2D eigenvalue weighted by molar-refractivity contribution is 6.05. The first kappa shape index (κ1) is 14.8. The van der Waals surface area contributed by atoms with Crippen LogP contribution in [0, 0.1) is 17.3 Å². The van der Waals surface area contributed by atoms with E-state index in [4.69, 9.17) is 5.41 Å². The standard InChI is InChI=1S/C22H17N/c23-21(17-16-18-10-4-1-5-11-18)22(19-12-6-2-7-13-19)20-14-8-3-9-15-20/h1-15,22-23H. The predicted molar refractivity (Wildman–Crippen MR) is 95.8 cm³/mol. The average Bonchev–Trinajstić information content (AvgIpc) is 2.63. The van der Waals surface area contributed by atoms with Gasteiger partial charge in [0.05, 0.1) is 11.6 Å². The van der Waals surface area contributed by atoms with E-state index in [9.17, 15) is 0 Å². The summed E-state index contributed by atoms with van der Waals surface area (Å²) in [7, 11) is 0. The van der Waals surface area contributed by atoms with Gasteiger partial charge < -0.3 is 0 Å². The highest BCUT2D eigenvalue weighted by Gasteiger charge is 2.17. The van der Waals surface area contributed by atoms with Gasteiger partial charge in [-0.15, -0.1) is 0 Å². The van der Waals surface area contributed by atoms with E-state index < -0.39 is 0 Å². The largest absolute Gasteiger partial charge is 0.295 e. The van der Waals surface area contributed by atoms with Gasteiger partial charge in [-0.3, -0.25) is 5.41 Å². The second-order valence-corrected chi connectivity index (χ2v) is 5.28. The minimum absolute atomic E-state index is 0.131. The second kappa shape index (κ2) is 7.24. The zero-order chi connectivity index (χ0) is 15.9. The molecule has 0 aliphatic rings. The molecule has 1 heteroatoms. The van der Waals surface area contributed by atoms with Gasteiger partial charge in [-0.05, 0) is 29.2 Å². The molecule has 0 aliphatic carbocycles. The molecule has 0 amide bonds. The molecule has 0 bridgehead atoms. The van der Waals surface area contributed by atoms with E-state index in [2.05, 4.69) is 36.1 Å². The maximum absolute atomic E-state index is 8.50. The Morgan fingerprint density at radius 1 is 0.652 bits per heavy atom. The molecule has 0 unspecified atom stereocenters. The average molecular weight is 295 g/mol. The normalized spacial score (nSPS) is 9.96. The SMILES string of the molecule is N=C(C#Cc1ccccc1)C(c1ccccc1)c1ccccc1. The molecule has 3 rings (SSSR count). The summed E-state index contributed by atoms with van der Waals surface area (Å²) in [6.07, 6.45) is 0. The van der Waals surface area contributed by atoms with Crippen molar-refractivity contribution in [2.45, 2.75) is 5.92 Å². The number of nitrogens with one attached hydrogen (secondary N) is 1. The molecule has 0 atom stereocenters. The summed E-state index contributed by atoms with van der Waals surface area (Å²) in [5.41, 5.74) is 3.51. The summed E-state index contributed by atoms with van der Waals surface area (Å²) >= 11 is 0. The zero-order valence-corrected chi connectivity index (χ0v) is 12.7. The van der Waals surface area contributed by atoms with Crippen LogP contribution in [0.15, 0.2) is 91.0 Å². The highest BCUT2D eigenvalue weighted by Crippen LogP contribution is 2.25. The molecule has 0 spiro atoms. The third-order valence-corrected chi connectivity index (χ3v) is 3.67. The fraction of sp³-hybridized carbons (Fsp3) is 0.0455. The van der Waals surface area contributed by atoms with E-state index in [1.807, 2.05) is 66.7 Å². The van der Waals surface area contributed by atoms with E-state index in [-0.39, 0.29) is 5.92 Å². The van der Waals surface area contributed by atoms with Crippen molar-refractivity contribution in [1.29, 1.82) is 5.41 Å². The molecule has 1 nitrogen and oxygen atoms in total. The van der Waals surface area contributed by atoms with Crippen molar-refractivity contribution in [3.63, 3.8) is 0 Å². The van der Waals surface area contributed by atoms with Gasteiger partial charge in [0.15, 0.2) is 0 Å². The summed E-state index contributed by atoms with van der Waals surface area (Å²) in [5.74, 6) is 5.99. The summed E-state index contributed by atoms with van der Waals surface area (Å²) in [4.78, 5) is 0. The van der Waals surface area contributed by atoms with Crippen LogP contribution in [0.3, 0.4) is 0 Å². The number of benzene rings is 3. The fourth-order valence-corrected chi connectivity index (χ4v) is 2.55. The Morgan fingerprint density at radius 3 is 1.57 bits per heavy atom. The van der Waals surface area contributed by atoms with E-state index in [0.29, 0.717) is 5.71 Å². The van der Waals surface area contributed by atoms with Crippen LogP contribution in [0.5, 0.6) is 0 Å². The van der Waals surface area contributed by atoms with E-state index in [1.54, 1.807) is 0 Å². The van der Waals surface area contributed by atoms with Crippen molar-refractivity contribution in [1.82, 2.24) is 0 Å². The smallest absolute Gasteiger partial charge is 0.0932 e. The first-order valence-electron chi connectivity index (χ1n) is 7.60. The summed E-state index contributed by atoms with van der Waals surface area (Å²) in [6, 6.07) is 30.0. The lowest BCUT2D eigenvalue weighted by atomic mass is 9.87. The van der Waals surface area contributed by atoms with Gasteiger partial charge in [-0.2, -0.15) is 0 Å². The fourth-order valence-electron chi connectivity index (χ4n) is 2.55. The van der Waals surface area contributed by atoms with Crippen LogP contribution < -0.4 is 0 Å². The van der Waals surface area contributed by atoms with E-state index in [0.717, 1.165) is 16.7 Å². The Morgan fingerprint density at radius 2 is 1.09 bits per heavy atom. The molecular formula is C22H17N. The molecule has 0 radical (unpaired) electrons. The molecule has 23 heavy (non-hydrogen) atoms. The molecule has 0 fully saturated rings. The van der Waals surface area contributed by atoms with Crippen LogP contribution in [0.25, 0.3) is 0 Å². The lowest BCUT2D eigenvalue weighted by Crippen LogP contribution is -2.11. The lowest BCUT2D eigenvalue weighted by molar-refractivity contribution is 1.07. The van der Waals surface area contributed by atoms with E-state index >= 15 is 0 Å². The number of rotatable bonds is 3. The Bertz CT molecular complexity index is 785. The van der Waals surface area contributed by atoms with Crippen LogP contribution >= 0.6 is 0 Å². The van der Waals surface area contributed by atoms with Gasteiger partial charge in [0.1, 0.15) is 0 Å². The first-order chi connectivity index (χ1) is 11.3. The summed E-state index contributed by atoms with van der Waals surface area (Å²) in [6.45, 7) is 0. The Hall–Kier alpha value is -3.11. The molecule has 0 saturated carbocycles. The van der Waals surface area contributed by atoms with Crippen molar-refractivity contribution in [3.05, 3.63) is 108 Å². The molecule has 1 N–H and O–H groups in total. The summed E-state index contributed by atoms with van der Waals surface area (Å²) < 4.78 is 0. The molecule has 0 aromatic heterocycles. The van der Waals surface area contributed by atoms with Crippen LogP contribution in [0.4, 0.5) is 0 Å². The van der Waals surface area contributed by atoms with Crippen molar-refractivity contribution >= 4 is 5.71 Å². The highest BCUT2D eigenvalue weighted by atomic mass is 14.4.